The lowest BCUT2D eigenvalue weighted by molar-refractivity contribution is 0.211. The first-order valence-corrected chi connectivity index (χ1v) is 6.65. The zero-order valence-electron chi connectivity index (χ0n) is 10.9. The van der Waals surface area contributed by atoms with Crippen molar-refractivity contribution in [3.05, 3.63) is 29.3 Å². The maximum absolute atomic E-state index is 5.90. The fourth-order valence-electron chi connectivity index (χ4n) is 1.72. The monoisotopic (exact) mass is 255 g/mol. The Kier molecular flexibility index (Phi) is 6.38. The van der Waals surface area contributed by atoms with Gasteiger partial charge in [-0.05, 0) is 38.5 Å². The summed E-state index contributed by atoms with van der Waals surface area (Å²) >= 11 is 5.90. The molecule has 17 heavy (non-hydrogen) atoms. The van der Waals surface area contributed by atoms with Crippen LogP contribution in [0.15, 0.2) is 24.3 Å². The van der Waals surface area contributed by atoms with Crippen molar-refractivity contribution in [2.45, 2.75) is 45.8 Å². The first kappa shape index (κ1) is 14.3. The molecule has 0 spiro atoms. The van der Waals surface area contributed by atoms with Crippen LogP contribution in [0.25, 0.3) is 0 Å². The molecule has 0 amide bonds. The molecule has 3 heteroatoms. The number of hydrogen-bond donors (Lipinski definition) is 1. The molecule has 2 unspecified atom stereocenters. The minimum absolute atomic E-state index is 0.146. The molecule has 0 radical (unpaired) electrons. The highest BCUT2D eigenvalue weighted by Gasteiger charge is 2.06. The van der Waals surface area contributed by atoms with Crippen LogP contribution < -0.4 is 10.1 Å². The van der Waals surface area contributed by atoms with E-state index in [1.54, 1.807) is 0 Å². The Hall–Kier alpha value is -0.730. The molecule has 0 aromatic heterocycles. The van der Waals surface area contributed by atoms with Crippen molar-refractivity contribution in [2.24, 2.45) is 0 Å². The fraction of sp³-hybridized carbons (Fsp3) is 0.571. The van der Waals surface area contributed by atoms with E-state index in [-0.39, 0.29) is 6.10 Å². The minimum Gasteiger partial charge on any atom is -0.489 e. The van der Waals surface area contributed by atoms with Crippen LogP contribution in [0.4, 0.5) is 0 Å². The zero-order valence-corrected chi connectivity index (χ0v) is 11.6. The fourth-order valence-corrected chi connectivity index (χ4v) is 1.90. The van der Waals surface area contributed by atoms with Gasteiger partial charge in [-0.25, -0.2) is 0 Å². The molecule has 96 valence electrons. The summed E-state index contributed by atoms with van der Waals surface area (Å²) in [6.45, 7) is 7.32. The van der Waals surface area contributed by atoms with Crippen LogP contribution in [0.1, 0.15) is 33.6 Å². The van der Waals surface area contributed by atoms with E-state index in [1.165, 1.54) is 12.8 Å². The maximum atomic E-state index is 5.90. The third-order valence-electron chi connectivity index (χ3n) is 2.61. The van der Waals surface area contributed by atoms with Crippen molar-refractivity contribution in [1.29, 1.82) is 0 Å². The summed E-state index contributed by atoms with van der Waals surface area (Å²) in [5, 5.41) is 4.17. The number of rotatable bonds is 7. The number of ether oxygens (including phenoxy) is 1. The molecule has 0 saturated heterocycles. The van der Waals surface area contributed by atoms with Crippen molar-refractivity contribution < 1.29 is 4.74 Å². The van der Waals surface area contributed by atoms with Gasteiger partial charge in [-0.15, -0.1) is 0 Å². The predicted octanol–water partition coefficient (Wildman–Crippen LogP) is 3.89. The van der Waals surface area contributed by atoms with Crippen LogP contribution in [0.2, 0.25) is 5.02 Å². The van der Waals surface area contributed by atoms with E-state index in [0.717, 1.165) is 12.3 Å². The van der Waals surface area contributed by atoms with Crippen molar-refractivity contribution in [1.82, 2.24) is 5.32 Å². The van der Waals surface area contributed by atoms with Gasteiger partial charge in [0, 0.05) is 17.6 Å². The number of hydrogen-bond acceptors (Lipinski definition) is 2. The molecule has 1 aromatic rings. The molecule has 0 aliphatic heterocycles. The smallest absolute Gasteiger partial charge is 0.121 e. The summed E-state index contributed by atoms with van der Waals surface area (Å²) in [7, 11) is 0. The first-order valence-electron chi connectivity index (χ1n) is 6.27. The highest BCUT2D eigenvalue weighted by molar-refractivity contribution is 6.30. The summed E-state index contributed by atoms with van der Waals surface area (Å²) in [6.07, 6.45) is 2.55. The van der Waals surface area contributed by atoms with Gasteiger partial charge in [-0.3, -0.25) is 0 Å². The van der Waals surface area contributed by atoms with Gasteiger partial charge >= 0.3 is 0 Å². The van der Waals surface area contributed by atoms with Gasteiger partial charge < -0.3 is 10.1 Å². The van der Waals surface area contributed by atoms with E-state index in [0.29, 0.717) is 11.1 Å². The standard InChI is InChI=1S/C14H22ClNO/c1-4-6-11(2)16-10-12(3)17-14-8-5-7-13(15)9-14/h5,7-9,11-12,16H,4,6,10H2,1-3H3. The Morgan fingerprint density at radius 3 is 2.76 bits per heavy atom. The molecule has 1 N–H and O–H groups in total. The van der Waals surface area contributed by atoms with Gasteiger partial charge in [-0.2, -0.15) is 0 Å². The summed E-state index contributed by atoms with van der Waals surface area (Å²) in [5.74, 6) is 0.829. The van der Waals surface area contributed by atoms with Crippen molar-refractivity contribution >= 4 is 11.6 Å². The van der Waals surface area contributed by atoms with Crippen LogP contribution in [-0.2, 0) is 0 Å². The van der Waals surface area contributed by atoms with Gasteiger partial charge in [0.1, 0.15) is 11.9 Å². The molecule has 0 fully saturated rings. The van der Waals surface area contributed by atoms with E-state index < -0.39 is 0 Å². The Morgan fingerprint density at radius 2 is 2.12 bits per heavy atom. The first-order chi connectivity index (χ1) is 8.11. The van der Waals surface area contributed by atoms with Gasteiger partial charge in [-0.1, -0.05) is 31.0 Å². The quantitative estimate of drug-likeness (QED) is 0.798. The summed E-state index contributed by atoms with van der Waals surface area (Å²) in [5.41, 5.74) is 0. The SMILES string of the molecule is CCCC(C)NCC(C)Oc1cccc(Cl)c1. The molecule has 0 saturated carbocycles. The summed E-state index contributed by atoms with van der Waals surface area (Å²) in [4.78, 5) is 0. The lowest BCUT2D eigenvalue weighted by atomic mass is 10.2. The second-order valence-corrected chi connectivity index (χ2v) is 4.92. The molecule has 0 aliphatic carbocycles. The van der Waals surface area contributed by atoms with Gasteiger partial charge in [0.05, 0.1) is 0 Å². The maximum Gasteiger partial charge on any atom is 0.121 e. The largest absolute Gasteiger partial charge is 0.489 e. The highest BCUT2D eigenvalue weighted by atomic mass is 35.5. The van der Waals surface area contributed by atoms with E-state index in [2.05, 4.69) is 26.1 Å². The van der Waals surface area contributed by atoms with E-state index in [1.807, 2.05) is 24.3 Å². The molecule has 1 rings (SSSR count). The van der Waals surface area contributed by atoms with Crippen molar-refractivity contribution in [3.8, 4) is 5.75 Å². The van der Waals surface area contributed by atoms with Gasteiger partial charge in [0.15, 0.2) is 0 Å². The van der Waals surface area contributed by atoms with Crippen molar-refractivity contribution in [3.63, 3.8) is 0 Å². The van der Waals surface area contributed by atoms with Crippen LogP contribution in [0.5, 0.6) is 5.75 Å². The average molecular weight is 256 g/mol. The Labute approximate surface area is 109 Å². The molecule has 1 aromatic carbocycles. The topological polar surface area (TPSA) is 21.3 Å². The third kappa shape index (κ3) is 5.94. The average Bonchev–Trinajstić information content (AvgIpc) is 2.27. The molecule has 0 bridgehead atoms. The molecule has 2 atom stereocenters. The summed E-state index contributed by atoms with van der Waals surface area (Å²) < 4.78 is 5.78. The van der Waals surface area contributed by atoms with Gasteiger partial charge in [0.25, 0.3) is 0 Å². The second kappa shape index (κ2) is 7.57. The Balaban J connectivity index is 2.32. The van der Waals surface area contributed by atoms with Crippen LogP contribution in [0.3, 0.4) is 0 Å². The minimum atomic E-state index is 0.146. The second-order valence-electron chi connectivity index (χ2n) is 4.48. The van der Waals surface area contributed by atoms with E-state index >= 15 is 0 Å². The third-order valence-corrected chi connectivity index (χ3v) is 2.84. The lowest BCUT2D eigenvalue weighted by Gasteiger charge is -2.18. The molecular weight excluding hydrogens is 234 g/mol. The number of benzene rings is 1. The van der Waals surface area contributed by atoms with Crippen molar-refractivity contribution in [2.75, 3.05) is 6.54 Å². The lowest BCUT2D eigenvalue weighted by Crippen LogP contribution is -2.34. The van der Waals surface area contributed by atoms with Crippen LogP contribution >= 0.6 is 11.6 Å². The molecule has 2 nitrogen and oxygen atoms in total. The summed E-state index contributed by atoms with van der Waals surface area (Å²) in [6, 6.07) is 8.06. The number of nitrogens with one attached hydrogen (secondary N) is 1. The molecule has 0 heterocycles. The van der Waals surface area contributed by atoms with E-state index in [4.69, 9.17) is 16.3 Å². The molecule has 0 aliphatic rings. The Morgan fingerprint density at radius 1 is 1.35 bits per heavy atom. The zero-order chi connectivity index (χ0) is 12.7. The van der Waals surface area contributed by atoms with Crippen LogP contribution in [-0.4, -0.2) is 18.7 Å². The van der Waals surface area contributed by atoms with E-state index in [9.17, 15) is 0 Å². The Bertz CT molecular complexity index is 330. The highest BCUT2D eigenvalue weighted by Crippen LogP contribution is 2.18. The van der Waals surface area contributed by atoms with Gasteiger partial charge in [0.2, 0.25) is 0 Å². The molecular formula is C14H22ClNO. The predicted molar refractivity (Wildman–Crippen MR) is 73.9 cm³/mol. The normalized spacial score (nSPS) is 14.4. The number of halogens is 1. The van der Waals surface area contributed by atoms with Crippen LogP contribution in [0, 0.1) is 0 Å².